The zero-order valence-electron chi connectivity index (χ0n) is 82.2. The number of hydrogen-bond acceptors (Lipinski definition) is 22. The predicted molar refractivity (Wildman–Crippen MR) is 500 cm³/mol. The Morgan fingerprint density at radius 3 is 0.515 bits per heavy atom. The molecule has 0 saturated heterocycles. The van der Waals surface area contributed by atoms with Crippen molar-refractivity contribution in [3.05, 3.63) is 35.9 Å². The molecule has 11 unspecified atom stereocenters. The van der Waals surface area contributed by atoms with Crippen molar-refractivity contribution in [2.45, 2.75) is 366 Å². The van der Waals surface area contributed by atoms with Crippen molar-refractivity contribution < 1.29 is 186 Å². The molecule has 0 heterocycles. The van der Waals surface area contributed by atoms with E-state index in [4.69, 9.17) is 93.3 Å². The molecule has 0 fully saturated rings. The van der Waals surface area contributed by atoms with Gasteiger partial charge in [0, 0.05) is 123 Å². The van der Waals surface area contributed by atoms with Gasteiger partial charge in [-0.2, -0.15) is 92.2 Å². The quantitative estimate of drug-likeness (QED) is 0.0439. The molecule has 0 aliphatic heterocycles. The molecule has 0 saturated carbocycles. The predicted octanol–water partition coefficient (Wildman–Crippen LogP) is 26.4. The smallest absolute Gasteiger partial charge is 0.437 e. The summed E-state index contributed by atoms with van der Waals surface area (Å²) in [7, 11) is -76.0. The maximum atomic E-state index is 15.6. The van der Waals surface area contributed by atoms with E-state index in [9.17, 15) is 39.5 Å². The summed E-state index contributed by atoms with van der Waals surface area (Å²) in [6.45, 7) is 43.1. The van der Waals surface area contributed by atoms with Crippen LogP contribution in [0.1, 0.15) is 113 Å². The van der Waals surface area contributed by atoms with E-state index in [0.717, 1.165) is 39.3 Å². The highest BCUT2D eigenvalue weighted by Gasteiger charge is 2.63. The number of benzene rings is 1. The van der Waals surface area contributed by atoms with Gasteiger partial charge in [-0.25, -0.2) is 0 Å². The first-order chi connectivity index (χ1) is 59.4. The third kappa shape index (κ3) is 55.6. The molecule has 0 aliphatic carbocycles. The summed E-state index contributed by atoms with van der Waals surface area (Å²) in [4.78, 5) is 0. The molecule has 0 spiro atoms. The summed E-state index contributed by atoms with van der Waals surface area (Å²) in [5, 5.41) is 0. The fraction of sp³-hybridized carbons (Fsp3) is 0.917. The van der Waals surface area contributed by atoms with Crippen molar-refractivity contribution in [1.82, 2.24) is 0 Å². The van der Waals surface area contributed by atoms with Crippen LogP contribution in [0.5, 0.6) is 0 Å². The minimum atomic E-state index is -5.70. The van der Waals surface area contributed by atoms with Gasteiger partial charge in [0.2, 0.25) is 0 Å². The maximum Gasteiger partial charge on any atom is 0.500 e. The van der Waals surface area contributed by atoms with Crippen LogP contribution in [0.4, 0.5) is 92.2 Å². The highest BCUT2D eigenvalue weighted by molar-refractivity contribution is 6.96. The van der Waals surface area contributed by atoms with E-state index in [2.05, 4.69) is 0 Å². The minimum absolute atomic E-state index is 0.0230. The molecule has 1 rings (SSSR count). The van der Waals surface area contributed by atoms with E-state index < -0.39 is 276 Å². The lowest BCUT2D eigenvalue weighted by Gasteiger charge is -2.49. The monoisotopic (exact) mass is 2240 g/mol. The lowest BCUT2D eigenvalue weighted by Crippen LogP contribution is -2.66. The Morgan fingerprint density at radius 2 is 0.348 bits per heavy atom. The van der Waals surface area contributed by atoms with Crippen LogP contribution in [0, 0.1) is 0 Å². The molecule has 0 amide bonds. The van der Waals surface area contributed by atoms with Crippen LogP contribution < -0.4 is 0 Å². The van der Waals surface area contributed by atoms with E-state index in [-0.39, 0.29) is 108 Å². The van der Waals surface area contributed by atoms with Crippen LogP contribution in [-0.2, 0) is 99.8 Å². The van der Waals surface area contributed by atoms with Crippen molar-refractivity contribution in [2.24, 2.45) is 0 Å². The average molecular weight is 2250 g/mol. The normalized spacial score (nSPS) is 19.1. The molecule has 0 aromatic heterocycles. The first-order valence-electron chi connectivity index (χ1n) is 44.8. The Balaban J connectivity index is 5.35. The van der Waals surface area contributed by atoms with Crippen LogP contribution in [0.2, 0.25) is 209 Å². The van der Waals surface area contributed by atoms with E-state index in [1.54, 1.807) is 125 Å². The molecule has 60 heteroatoms. The average Bonchev–Trinajstić information content (AvgIpc) is 0.768. The molecular formula is C72H151F21O22Si17. The van der Waals surface area contributed by atoms with Gasteiger partial charge in [0.05, 0.1) is 0 Å². The van der Waals surface area contributed by atoms with Crippen molar-refractivity contribution in [3.63, 3.8) is 0 Å². The van der Waals surface area contributed by atoms with E-state index >= 15 is 52.7 Å². The zero-order valence-corrected chi connectivity index (χ0v) is 99.2. The highest BCUT2D eigenvalue weighted by atomic mass is 28.5. The lowest BCUT2D eigenvalue weighted by molar-refractivity contribution is -0.133. The standard InChI is InChI=1S/C72H151F21O22Si17/c1-29-94-130(95-30-2,96-31-3)62-59-127(26,104-117(13,14)15)114-129(28,61-64-132(100-35-7,101-36-8)102-37-9)115-128(27,60-63-131(97-32-4,98-33-5)99-34-6)107-119(18,51-43-65-41-39-38-40-42-65)106-121(20,53-45-67(76,77)78)109-123(22,55-47-69(82,83)84)111-125(24,57-49-71(88,89)90)113-126(25,58-50-72(91,92)93)112-124(23,56-48-70(85,86)87)110-122(21,54-46-68(79,80)81)108-120(19,52-44-66(73,74)75)105-118(16,17)103-116(10,11)12/h38-42H,29-37,43-64H2,1-28H3. The van der Waals surface area contributed by atoms with Crippen LogP contribution in [-0.4, -0.2) is 248 Å². The topological polar surface area (TPSA) is 203 Å². The van der Waals surface area contributed by atoms with Crippen molar-refractivity contribution in [1.29, 1.82) is 0 Å². The summed E-state index contributed by atoms with van der Waals surface area (Å²) in [6, 6.07) is -1.59. The summed E-state index contributed by atoms with van der Waals surface area (Å²) in [5.74, 6) is 0. The SMILES string of the molecule is CCO[Si](CC[Si](C)(O[Si](C)(C)C)O[Si](C)(CC[Si](OCC)(OCC)OCC)O[Si](C)(CC[Si](OCC)(OCC)OCC)O[Si](C)(CCc1ccccc1)O[Si](C)(CCC(F)(F)F)O[Si](C)(CCC(F)(F)F)O[Si](C)(CCC(F)(F)F)O[Si](C)(CCC(F)(F)F)O[Si](C)(CCC(F)(F)F)O[Si](C)(CCC(F)(F)F)O[Si](C)(CCC(F)(F)F)O[Si](C)(C)O[Si](C)(C)C)(OCC)OCC. The van der Waals surface area contributed by atoms with Crippen molar-refractivity contribution >= 4 is 146 Å². The van der Waals surface area contributed by atoms with Gasteiger partial charge in [0.15, 0.2) is 16.6 Å². The molecule has 0 bridgehead atoms. The lowest BCUT2D eigenvalue weighted by atomic mass is 10.2. The van der Waals surface area contributed by atoms with Gasteiger partial charge >= 0.3 is 172 Å². The van der Waals surface area contributed by atoms with Gasteiger partial charge in [-0.3, -0.25) is 0 Å². The largest absolute Gasteiger partial charge is 0.500 e. The summed E-state index contributed by atoms with van der Waals surface area (Å²) in [5.41, 5.74) is 0.578. The summed E-state index contributed by atoms with van der Waals surface area (Å²) >= 11 is 0. The number of hydrogen-bond donors (Lipinski definition) is 0. The Kier molecular flexibility index (Phi) is 52.5. The van der Waals surface area contributed by atoms with Crippen LogP contribution in [0.25, 0.3) is 0 Å². The Hall–Kier alpha value is 0.557. The second kappa shape index (κ2) is 53.1. The first-order valence-corrected chi connectivity index (χ1v) is 88.0. The summed E-state index contributed by atoms with van der Waals surface area (Å²) < 4.78 is 464. The van der Waals surface area contributed by atoms with E-state index in [1.807, 2.05) is 26.2 Å². The molecule has 0 N–H and O–H groups in total. The molecule has 786 valence electrons. The molecule has 0 aliphatic rings. The van der Waals surface area contributed by atoms with Crippen LogP contribution >= 0.6 is 0 Å². The van der Waals surface area contributed by atoms with E-state index in [1.165, 1.54) is 19.6 Å². The van der Waals surface area contributed by atoms with Gasteiger partial charge in [-0.15, -0.1) is 0 Å². The van der Waals surface area contributed by atoms with Gasteiger partial charge < -0.3 is 93.3 Å². The molecule has 22 nitrogen and oxygen atoms in total. The van der Waals surface area contributed by atoms with Gasteiger partial charge in [-0.05, 0) is 265 Å². The molecule has 1 aromatic rings. The number of halogens is 21. The molecule has 11 atom stereocenters. The Morgan fingerprint density at radius 1 is 0.189 bits per heavy atom. The first kappa shape index (κ1) is 131. The van der Waals surface area contributed by atoms with Crippen molar-refractivity contribution in [3.8, 4) is 0 Å². The van der Waals surface area contributed by atoms with Crippen LogP contribution in [0.3, 0.4) is 0 Å². The number of rotatable bonds is 70. The molecular weight excluding hydrogens is 2090 g/mol. The zero-order chi connectivity index (χ0) is 103. The fourth-order valence-corrected chi connectivity index (χ4v) is 104. The Bertz CT molecular complexity index is 3400. The Labute approximate surface area is 787 Å². The maximum absolute atomic E-state index is 15.6. The number of alkyl halides is 21. The van der Waals surface area contributed by atoms with Crippen molar-refractivity contribution in [2.75, 3.05) is 59.5 Å². The summed E-state index contributed by atoms with van der Waals surface area (Å²) in [6.07, 6.45) is -50.4. The molecule has 1 aromatic carbocycles. The highest BCUT2D eigenvalue weighted by Crippen LogP contribution is 2.48. The van der Waals surface area contributed by atoms with Gasteiger partial charge in [0.25, 0.3) is 0 Å². The number of aryl methyl sites for hydroxylation is 1. The minimum Gasteiger partial charge on any atom is -0.437 e. The molecule has 0 radical (unpaired) electrons. The molecule has 132 heavy (non-hydrogen) atoms. The third-order valence-corrected chi connectivity index (χ3v) is 89.8. The van der Waals surface area contributed by atoms with E-state index in [0.29, 0.717) is 12.1 Å². The second-order valence-corrected chi connectivity index (χ2v) is 97.2. The van der Waals surface area contributed by atoms with Gasteiger partial charge in [0.1, 0.15) is 0 Å². The second-order valence-electron chi connectivity index (χ2n) is 36.7. The van der Waals surface area contributed by atoms with Crippen LogP contribution in [0.15, 0.2) is 30.3 Å². The van der Waals surface area contributed by atoms with Gasteiger partial charge in [-0.1, -0.05) is 30.3 Å². The third-order valence-electron chi connectivity index (χ3n) is 19.5. The fourth-order valence-electron chi connectivity index (χ4n) is 15.6.